The number of hydrogen-bond donors (Lipinski definition) is 0. The molecule has 2 aromatic heterocycles. The molecule has 3 heterocycles. The minimum Gasteiger partial charge on any atom is -0.480 e. The highest BCUT2D eigenvalue weighted by atomic mass is 32.2. The number of aryl methyl sites for hydroxylation is 1. The summed E-state index contributed by atoms with van der Waals surface area (Å²) >= 11 is 0. The molecule has 0 spiro atoms. The number of amides is 1. The number of rotatable bonds is 5. The van der Waals surface area contributed by atoms with Crippen molar-refractivity contribution >= 4 is 15.7 Å². The molecule has 0 unspecified atom stereocenters. The lowest BCUT2D eigenvalue weighted by Gasteiger charge is -2.22. The predicted molar refractivity (Wildman–Crippen MR) is 127 cm³/mol. The Morgan fingerprint density at radius 2 is 1.83 bits per heavy atom. The van der Waals surface area contributed by atoms with E-state index in [0.717, 1.165) is 42.6 Å². The summed E-state index contributed by atoms with van der Waals surface area (Å²) in [7, 11) is -3.71. The van der Waals surface area contributed by atoms with Gasteiger partial charge in [-0.25, -0.2) is 18.1 Å². The Kier molecular flexibility index (Phi) is 7.77. The van der Waals surface area contributed by atoms with E-state index < -0.39 is 28.0 Å². The van der Waals surface area contributed by atoms with Gasteiger partial charge in [-0.05, 0) is 44.2 Å². The normalized spacial score (nSPS) is 14.1. The molecule has 1 aromatic carbocycles. The Morgan fingerprint density at radius 3 is 2.42 bits per heavy atom. The number of aromatic nitrogens is 3. The third-order valence-corrected chi connectivity index (χ3v) is 6.46. The first-order chi connectivity index (χ1) is 16.8. The van der Waals surface area contributed by atoms with E-state index in [9.17, 15) is 26.4 Å². The molecule has 194 valence electrons. The van der Waals surface area contributed by atoms with Crippen LogP contribution in [0.1, 0.15) is 48.1 Å². The van der Waals surface area contributed by atoms with Gasteiger partial charge in [-0.1, -0.05) is 19.9 Å². The number of carbonyl (C=O) groups excluding carboxylic acids is 1. The van der Waals surface area contributed by atoms with Crippen LogP contribution in [0.5, 0.6) is 5.75 Å². The fourth-order valence-corrected chi connectivity index (χ4v) is 4.15. The maximum atomic E-state index is 13.3. The van der Waals surface area contributed by atoms with E-state index in [1.807, 2.05) is 32.9 Å². The summed E-state index contributed by atoms with van der Waals surface area (Å²) in [6, 6.07) is 8.72. The van der Waals surface area contributed by atoms with Gasteiger partial charge in [0.1, 0.15) is 5.75 Å². The summed E-state index contributed by atoms with van der Waals surface area (Å²) < 4.78 is 69.7. The molecule has 0 aliphatic carbocycles. The number of fused-ring (bicyclic) bond motifs is 1. The zero-order chi connectivity index (χ0) is 26.8. The van der Waals surface area contributed by atoms with E-state index in [-0.39, 0.29) is 29.3 Å². The second kappa shape index (κ2) is 10.3. The van der Waals surface area contributed by atoms with Crippen LogP contribution in [0.2, 0.25) is 0 Å². The first-order valence-electron chi connectivity index (χ1n) is 11.2. The van der Waals surface area contributed by atoms with Gasteiger partial charge in [0.05, 0.1) is 22.7 Å². The molecule has 1 aliphatic rings. The maximum absolute atomic E-state index is 13.3. The van der Waals surface area contributed by atoms with Crippen molar-refractivity contribution in [3.8, 4) is 11.6 Å². The molecule has 0 saturated carbocycles. The van der Waals surface area contributed by atoms with Crippen molar-refractivity contribution in [1.82, 2.24) is 19.7 Å². The first-order valence-corrected chi connectivity index (χ1v) is 13.1. The fourth-order valence-electron chi connectivity index (χ4n) is 3.51. The lowest BCUT2D eigenvalue weighted by atomic mass is 10.1. The number of nitrogens with zero attached hydrogens (tertiary/aromatic N) is 4. The summed E-state index contributed by atoms with van der Waals surface area (Å²) in [6.45, 7) is 6.92. The van der Waals surface area contributed by atoms with Crippen molar-refractivity contribution in [2.24, 2.45) is 0 Å². The SMILES string of the molecule is CC.Cc1cccc(-n2cc3c(n2)CN(C(=O)c2cc(S(C)(=O)=O)ccc2O[C@@H](C)C(F)(F)F)C3)n1. The Balaban J connectivity index is 0.00000176. The van der Waals surface area contributed by atoms with Crippen LogP contribution in [0.15, 0.2) is 47.5 Å². The molecule has 36 heavy (non-hydrogen) atoms. The Hall–Kier alpha value is -3.41. The van der Waals surface area contributed by atoms with Gasteiger partial charge in [0.15, 0.2) is 21.8 Å². The monoisotopic (exact) mass is 524 g/mol. The van der Waals surface area contributed by atoms with E-state index in [1.54, 1.807) is 16.9 Å². The minimum atomic E-state index is -4.66. The number of ether oxygens (including phenoxy) is 1. The average molecular weight is 525 g/mol. The zero-order valence-corrected chi connectivity index (χ0v) is 21.3. The van der Waals surface area contributed by atoms with E-state index in [0.29, 0.717) is 11.5 Å². The summed E-state index contributed by atoms with van der Waals surface area (Å²) in [5.74, 6) is -0.390. The van der Waals surface area contributed by atoms with Gasteiger partial charge >= 0.3 is 6.18 Å². The molecule has 0 fully saturated rings. The van der Waals surface area contributed by atoms with Crippen molar-refractivity contribution < 1.29 is 31.1 Å². The molecule has 8 nitrogen and oxygen atoms in total. The molecule has 4 rings (SSSR count). The smallest absolute Gasteiger partial charge is 0.425 e. The minimum absolute atomic E-state index is 0.102. The Morgan fingerprint density at radius 1 is 1.14 bits per heavy atom. The van der Waals surface area contributed by atoms with Gasteiger partial charge in [0.2, 0.25) is 0 Å². The van der Waals surface area contributed by atoms with Crippen LogP contribution in [-0.2, 0) is 22.9 Å². The predicted octanol–water partition coefficient (Wildman–Crippen LogP) is 4.49. The number of hydrogen-bond acceptors (Lipinski definition) is 6. The molecular formula is C24H27F3N4O4S. The van der Waals surface area contributed by atoms with Crippen LogP contribution >= 0.6 is 0 Å². The molecule has 0 N–H and O–H groups in total. The summed E-state index contributed by atoms with van der Waals surface area (Å²) in [6.07, 6.45) is -4.17. The highest BCUT2D eigenvalue weighted by Crippen LogP contribution is 2.32. The Bertz CT molecular complexity index is 1350. The van der Waals surface area contributed by atoms with Gasteiger partial charge in [-0.15, -0.1) is 0 Å². The number of benzene rings is 1. The van der Waals surface area contributed by atoms with Gasteiger partial charge in [0.25, 0.3) is 5.91 Å². The van der Waals surface area contributed by atoms with E-state index in [2.05, 4.69) is 10.1 Å². The lowest BCUT2D eigenvalue weighted by Crippen LogP contribution is -2.33. The van der Waals surface area contributed by atoms with Crippen LogP contribution in [0, 0.1) is 6.92 Å². The van der Waals surface area contributed by atoms with E-state index in [4.69, 9.17) is 4.74 Å². The van der Waals surface area contributed by atoms with Gasteiger partial charge in [-0.3, -0.25) is 4.79 Å². The largest absolute Gasteiger partial charge is 0.480 e. The third-order valence-electron chi connectivity index (χ3n) is 5.35. The standard InChI is InChI=1S/C22H21F3N4O4S.C2H6/c1-13-5-4-6-20(26-13)29-11-15-10-28(12-18(15)27-29)21(30)17-9-16(34(3,31)32)7-8-19(17)33-14(2)22(23,24)25;1-2/h4-9,11,14H,10,12H2,1-3H3;1-2H3/t14-;/m0./s1. The third kappa shape index (κ3) is 5.86. The van der Waals surface area contributed by atoms with Crippen molar-refractivity contribution in [1.29, 1.82) is 0 Å². The molecule has 1 atom stereocenters. The number of carbonyl (C=O) groups is 1. The second-order valence-corrected chi connectivity index (χ2v) is 10.1. The van der Waals surface area contributed by atoms with Gasteiger partial charge < -0.3 is 9.64 Å². The lowest BCUT2D eigenvalue weighted by molar-refractivity contribution is -0.189. The molecule has 0 saturated heterocycles. The second-order valence-electron chi connectivity index (χ2n) is 8.08. The van der Waals surface area contributed by atoms with Crippen LogP contribution in [0.4, 0.5) is 13.2 Å². The van der Waals surface area contributed by atoms with Crippen molar-refractivity contribution in [3.63, 3.8) is 0 Å². The molecular weight excluding hydrogens is 497 g/mol. The van der Waals surface area contributed by atoms with Gasteiger partial charge in [-0.2, -0.15) is 18.3 Å². The summed E-state index contributed by atoms with van der Waals surface area (Å²) in [5.41, 5.74) is 1.91. The highest BCUT2D eigenvalue weighted by Gasteiger charge is 2.39. The quantitative estimate of drug-likeness (QED) is 0.488. The number of pyridine rings is 1. The molecule has 12 heteroatoms. The fraction of sp³-hybridized carbons (Fsp3) is 0.375. The number of sulfone groups is 1. The van der Waals surface area contributed by atoms with E-state index in [1.165, 1.54) is 4.90 Å². The topological polar surface area (TPSA) is 94.4 Å². The molecule has 1 aliphatic heterocycles. The van der Waals surface area contributed by atoms with Crippen LogP contribution < -0.4 is 4.74 Å². The average Bonchev–Trinajstić information content (AvgIpc) is 3.38. The van der Waals surface area contributed by atoms with Crippen molar-refractivity contribution in [2.45, 2.75) is 58.0 Å². The van der Waals surface area contributed by atoms with E-state index >= 15 is 0 Å². The van der Waals surface area contributed by atoms with Crippen LogP contribution in [0.25, 0.3) is 5.82 Å². The van der Waals surface area contributed by atoms with Crippen molar-refractivity contribution in [3.05, 3.63) is 65.1 Å². The summed E-state index contributed by atoms with van der Waals surface area (Å²) in [4.78, 5) is 18.8. The maximum Gasteiger partial charge on any atom is 0.425 e. The van der Waals surface area contributed by atoms with Crippen molar-refractivity contribution in [2.75, 3.05) is 6.26 Å². The number of alkyl halides is 3. The Labute approximate surface area is 207 Å². The molecule has 3 aromatic rings. The first kappa shape index (κ1) is 27.2. The highest BCUT2D eigenvalue weighted by molar-refractivity contribution is 7.90. The summed E-state index contributed by atoms with van der Waals surface area (Å²) in [5, 5.41) is 4.47. The molecule has 0 radical (unpaired) electrons. The van der Waals surface area contributed by atoms with Crippen LogP contribution in [0.3, 0.4) is 0 Å². The molecule has 1 amide bonds. The zero-order valence-electron chi connectivity index (χ0n) is 20.5. The number of halogens is 3. The molecule has 0 bridgehead atoms. The van der Waals surface area contributed by atoms with Gasteiger partial charge in [0, 0.05) is 30.3 Å². The van der Waals surface area contributed by atoms with Crippen LogP contribution in [-0.4, -0.2) is 52.5 Å².